The van der Waals surface area contributed by atoms with Gasteiger partial charge in [0, 0.05) is 0 Å². The third-order valence-corrected chi connectivity index (χ3v) is 2.82. The summed E-state index contributed by atoms with van der Waals surface area (Å²) in [6.07, 6.45) is 0. The Hall–Kier alpha value is -1.82. The molecule has 0 aliphatic carbocycles. The molecule has 0 saturated carbocycles. The molecule has 0 bridgehead atoms. The average molecular weight is 208 g/mol. The van der Waals surface area contributed by atoms with E-state index >= 15 is 0 Å². The predicted octanol–water partition coefficient (Wildman–Crippen LogP) is -0.00503. The van der Waals surface area contributed by atoms with Crippen LogP contribution in [0.25, 0.3) is 10.2 Å². The Bertz CT molecular complexity index is 568. The maximum Gasteiger partial charge on any atom is 0.252 e. The van der Waals surface area contributed by atoms with Gasteiger partial charge in [-0.25, -0.2) is 4.68 Å². The van der Waals surface area contributed by atoms with Crippen molar-refractivity contribution in [1.29, 1.82) is 5.41 Å². The van der Waals surface area contributed by atoms with Gasteiger partial charge >= 0.3 is 0 Å². The summed E-state index contributed by atoms with van der Waals surface area (Å²) < 4.78 is 2.00. The van der Waals surface area contributed by atoms with Gasteiger partial charge < -0.3 is 11.6 Å². The Balaban J connectivity index is 2.94. The molecule has 2 aromatic heterocycles. The number of nitrogens with zero attached hydrogens (tertiary/aromatic N) is 1. The van der Waals surface area contributed by atoms with Gasteiger partial charge in [-0.15, -0.1) is 11.3 Å². The second-order valence-electron chi connectivity index (χ2n) is 2.81. The van der Waals surface area contributed by atoms with Crippen molar-refractivity contribution >= 4 is 27.5 Å². The van der Waals surface area contributed by atoms with Crippen molar-refractivity contribution in [2.24, 2.45) is 5.73 Å². The number of amides is 1. The van der Waals surface area contributed by atoms with Crippen molar-refractivity contribution in [2.75, 3.05) is 5.84 Å². The molecule has 0 atom stereocenters. The average Bonchev–Trinajstić information content (AvgIpc) is 2.58. The molecule has 1 amide bonds. The van der Waals surface area contributed by atoms with E-state index in [4.69, 9.17) is 17.0 Å². The van der Waals surface area contributed by atoms with Crippen molar-refractivity contribution in [3.63, 3.8) is 0 Å². The highest BCUT2D eigenvalue weighted by Crippen LogP contribution is 2.18. The second-order valence-corrected chi connectivity index (χ2v) is 3.76. The SMILES string of the molecule is N=c1c(C(N)=O)cc2sccc2n1N. The van der Waals surface area contributed by atoms with E-state index in [1.165, 1.54) is 11.3 Å². The van der Waals surface area contributed by atoms with E-state index in [9.17, 15) is 4.79 Å². The van der Waals surface area contributed by atoms with E-state index in [2.05, 4.69) is 0 Å². The van der Waals surface area contributed by atoms with Crippen molar-refractivity contribution in [2.45, 2.75) is 0 Å². The molecule has 0 aliphatic heterocycles. The van der Waals surface area contributed by atoms with Crippen LogP contribution >= 0.6 is 11.3 Å². The van der Waals surface area contributed by atoms with Gasteiger partial charge in [-0.05, 0) is 17.5 Å². The summed E-state index contributed by atoms with van der Waals surface area (Å²) in [4.78, 5) is 11.0. The predicted molar refractivity (Wildman–Crippen MR) is 54.3 cm³/mol. The number of primary amides is 1. The molecule has 0 fully saturated rings. The van der Waals surface area contributed by atoms with Gasteiger partial charge in [0.2, 0.25) is 0 Å². The quantitative estimate of drug-likeness (QED) is 0.575. The van der Waals surface area contributed by atoms with E-state index in [0.717, 1.165) is 14.9 Å². The zero-order chi connectivity index (χ0) is 10.3. The first-order valence-electron chi connectivity index (χ1n) is 3.84. The van der Waals surface area contributed by atoms with Crippen LogP contribution in [0.4, 0.5) is 0 Å². The van der Waals surface area contributed by atoms with Crippen molar-refractivity contribution in [3.8, 4) is 0 Å². The normalized spacial score (nSPS) is 10.6. The highest BCUT2D eigenvalue weighted by Gasteiger charge is 2.09. The highest BCUT2D eigenvalue weighted by atomic mass is 32.1. The van der Waals surface area contributed by atoms with Crippen LogP contribution in [0.2, 0.25) is 0 Å². The van der Waals surface area contributed by atoms with Gasteiger partial charge in [0.1, 0.15) is 0 Å². The zero-order valence-electron chi connectivity index (χ0n) is 7.15. The van der Waals surface area contributed by atoms with E-state index in [0.29, 0.717) is 0 Å². The Morgan fingerprint density at radius 2 is 2.29 bits per heavy atom. The molecule has 0 unspecified atom stereocenters. The number of nitrogens with two attached hydrogens (primary N) is 2. The number of hydrogen-bond acceptors (Lipinski definition) is 4. The van der Waals surface area contributed by atoms with Gasteiger partial charge in [-0.2, -0.15) is 0 Å². The number of fused-ring (bicyclic) bond motifs is 1. The van der Waals surface area contributed by atoms with E-state index in [1.807, 2.05) is 5.38 Å². The van der Waals surface area contributed by atoms with Crippen LogP contribution in [0.5, 0.6) is 0 Å². The number of thiophene rings is 1. The van der Waals surface area contributed by atoms with Gasteiger partial charge in [0.25, 0.3) is 5.91 Å². The molecule has 72 valence electrons. The zero-order valence-corrected chi connectivity index (χ0v) is 7.97. The molecule has 0 saturated heterocycles. The van der Waals surface area contributed by atoms with Crippen LogP contribution in [0, 0.1) is 5.41 Å². The van der Waals surface area contributed by atoms with Gasteiger partial charge in [-0.1, -0.05) is 0 Å². The third-order valence-electron chi connectivity index (χ3n) is 1.97. The lowest BCUT2D eigenvalue weighted by atomic mass is 10.2. The fraction of sp³-hybridized carbons (Fsp3) is 0. The summed E-state index contributed by atoms with van der Waals surface area (Å²) >= 11 is 1.45. The lowest BCUT2D eigenvalue weighted by molar-refractivity contribution is 0.0998. The van der Waals surface area contributed by atoms with Gasteiger partial charge in [0.05, 0.1) is 15.8 Å². The molecule has 5 nitrogen and oxygen atoms in total. The summed E-state index contributed by atoms with van der Waals surface area (Å²) in [5, 5.41) is 9.43. The summed E-state index contributed by atoms with van der Waals surface area (Å²) in [5.74, 6) is 4.99. The Labute approximate surface area is 83.0 Å². The molecule has 0 aliphatic rings. The number of carbonyl (C=O) groups excluding carboxylic acids is 1. The number of aromatic nitrogens is 1. The van der Waals surface area contributed by atoms with Gasteiger partial charge in [0.15, 0.2) is 5.49 Å². The lowest BCUT2D eigenvalue weighted by Gasteiger charge is -2.04. The molecule has 2 heterocycles. The minimum atomic E-state index is -0.635. The number of nitrogen functional groups attached to an aromatic ring is 1. The summed E-state index contributed by atoms with van der Waals surface area (Å²) in [6, 6.07) is 3.39. The van der Waals surface area contributed by atoms with Crippen molar-refractivity contribution in [3.05, 3.63) is 28.6 Å². The minimum absolute atomic E-state index is 0.0663. The first kappa shape index (κ1) is 8.76. The van der Waals surface area contributed by atoms with Crippen LogP contribution < -0.4 is 17.1 Å². The molecule has 2 aromatic rings. The maximum atomic E-state index is 11.0. The first-order valence-corrected chi connectivity index (χ1v) is 4.72. The molecule has 0 spiro atoms. The van der Waals surface area contributed by atoms with E-state index in [-0.39, 0.29) is 11.1 Å². The monoisotopic (exact) mass is 208 g/mol. The van der Waals surface area contributed by atoms with Crippen molar-refractivity contribution in [1.82, 2.24) is 4.68 Å². The Morgan fingerprint density at radius 3 is 2.93 bits per heavy atom. The fourth-order valence-electron chi connectivity index (χ4n) is 1.26. The second kappa shape index (κ2) is 2.85. The molecule has 14 heavy (non-hydrogen) atoms. The lowest BCUT2D eigenvalue weighted by Crippen LogP contribution is -2.33. The number of carbonyl (C=O) groups is 1. The summed E-state index contributed by atoms with van der Waals surface area (Å²) in [7, 11) is 0. The smallest absolute Gasteiger partial charge is 0.252 e. The van der Waals surface area contributed by atoms with Crippen LogP contribution in [-0.4, -0.2) is 10.6 Å². The first-order chi connectivity index (χ1) is 6.61. The fourth-order valence-corrected chi connectivity index (χ4v) is 2.08. The standard InChI is InChI=1S/C8H8N4OS/c9-7-4(8(10)13)3-6-5(12(7)11)1-2-14-6/h1-3,9H,11H2,(H2,10,13). The number of hydrogen-bond donors (Lipinski definition) is 3. The van der Waals surface area contributed by atoms with Gasteiger partial charge in [-0.3, -0.25) is 10.2 Å². The van der Waals surface area contributed by atoms with Crippen LogP contribution in [-0.2, 0) is 0 Å². The number of pyridine rings is 1. The molecular weight excluding hydrogens is 200 g/mol. The molecule has 0 radical (unpaired) electrons. The molecule has 5 N–H and O–H groups in total. The molecule has 6 heteroatoms. The minimum Gasteiger partial charge on any atom is -0.365 e. The van der Waals surface area contributed by atoms with Crippen LogP contribution in [0.15, 0.2) is 17.5 Å². The number of rotatable bonds is 1. The highest BCUT2D eigenvalue weighted by molar-refractivity contribution is 7.17. The van der Waals surface area contributed by atoms with E-state index in [1.54, 1.807) is 12.1 Å². The Kier molecular flexibility index (Phi) is 1.78. The summed E-state index contributed by atoms with van der Waals surface area (Å²) in [5.41, 5.74) is 5.92. The molecule has 0 aromatic carbocycles. The summed E-state index contributed by atoms with van der Waals surface area (Å²) in [6.45, 7) is 0. The topological polar surface area (TPSA) is 97.9 Å². The molecule has 2 rings (SSSR count). The Morgan fingerprint density at radius 1 is 1.57 bits per heavy atom. The van der Waals surface area contributed by atoms with Crippen LogP contribution in [0.1, 0.15) is 10.4 Å². The third kappa shape index (κ3) is 1.08. The largest absolute Gasteiger partial charge is 0.365 e. The maximum absolute atomic E-state index is 11.0. The van der Waals surface area contributed by atoms with Crippen molar-refractivity contribution < 1.29 is 4.79 Å². The van der Waals surface area contributed by atoms with E-state index < -0.39 is 5.91 Å². The van der Waals surface area contributed by atoms with Crippen LogP contribution in [0.3, 0.4) is 0 Å². The number of nitrogens with one attached hydrogen (secondary N) is 1. The molecular formula is C8H8N4OS.